The predicted octanol–water partition coefficient (Wildman–Crippen LogP) is 2.99. The third-order valence-electron chi connectivity index (χ3n) is 5.49. The second kappa shape index (κ2) is 7.79. The summed E-state index contributed by atoms with van der Waals surface area (Å²) in [5.41, 5.74) is 2.91. The molecule has 1 aromatic carbocycles. The van der Waals surface area contributed by atoms with Crippen LogP contribution in [0, 0.1) is 0 Å². The number of hydrogen-bond donors (Lipinski definition) is 1. The molecular weight excluding hydrogens is 390 g/mol. The van der Waals surface area contributed by atoms with Gasteiger partial charge in [0.1, 0.15) is 11.5 Å². The lowest BCUT2D eigenvalue weighted by Crippen LogP contribution is -2.31. The van der Waals surface area contributed by atoms with Crippen molar-refractivity contribution < 1.29 is 4.79 Å². The Labute approximate surface area is 180 Å². The van der Waals surface area contributed by atoms with Crippen LogP contribution >= 0.6 is 0 Å². The van der Waals surface area contributed by atoms with Gasteiger partial charge in [-0.15, -0.1) is 0 Å². The van der Waals surface area contributed by atoms with Crippen LogP contribution in [0.1, 0.15) is 17.7 Å². The minimum Gasteiger partial charge on any atom is -0.350 e. The van der Waals surface area contributed by atoms with Crippen LogP contribution in [0.3, 0.4) is 0 Å². The maximum absolute atomic E-state index is 12.5. The zero-order chi connectivity index (χ0) is 21.4. The minimum absolute atomic E-state index is 0.142. The van der Waals surface area contributed by atoms with Gasteiger partial charge in [0.05, 0.1) is 12.9 Å². The van der Waals surface area contributed by atoms with Gasteiger partial charge in [0.2, 0.25) is 5.91 Å². The van der Waals surface area contributed by atoms with Gasteiger partial charge in [0.25, 0.3) is 0 Å². The van der Waals surface area contributed by atoms with E-state index in [4.69, 9.17) is 9.97 Å². The average molecular weight is 413 g/mol. The van der Waals surface area contributed by atoms with Crippen LogP contribution in [-0.4, -0.2) is 44.0 Å². The van der Waals surface area contributed by atoms with Crippen molar-refractivity contribution in [3.8, 4) is 11.5 Å². The van der Waals surface area contributed by atoms with E-state index in [-0.39, 0.29) is 12.5 Å². The number of pyridine rings is 1. The monoisotopic (exact) mass is 413 g/mol. The zero-order valence-corrected chi connectivity index (χ0v) is 17.5. The number of likely N-dealkylation sites (N-methyl/N-ethyl adjacent to an activating group) is 1. The number of carbonyl (C=O) groups excluding carboxylic acids is 1. The molecule has 1 N–H and O–H groups in total. The Kier molecular flexibility index (Phi) is 4.82. The van der Waals surface area contributed by atoms with E-state index in [1.165, 1.54) is 0 Å². The molecule has 0 saturated carbocycles. The van der Waals surface area contributed by atoms with Crippen LogP contribution in [0.4, 0.5) is 11.6 Å². The summed E-state index contributed by atoms with van der Waals surface area (Å²) < 4.78 is 1.79. The Morgan fingerprint density at radius 2 is 2.00 bits per heavy atom. The summed E-state index contributed by atoms with van der Waals surface area (Å²) in [7, 11) is 3.75. The highest BCUT2D eigenvalue weighted by Gasteiger charge is 2.23. The highest BCUT2D eigenvalue weighted by Crippen LogP contribution is 2.31. The van der Waals surface area contributed by atoms with Crippen LogP contribution in [0.15, 0.2) is 49.1 Å². The van der Waals surface area contributed by atoms with Gasteiger partial charge >= 0.3 is 0 Å². The third-order valence-corrected chi connectivity index (χ3v) is 5.49. The molecule has 0 radical (unpaired) electrons. The highest BCUT2D eigenvalue weighted by molar-refractivity contribution is 5.93. The molecule has 1 aliphatic rings. The first-order valence-electron chi connectivity index (χ1n) is 10.3. The van der Waals surface area contributed by atoms with Gasteiger partial charge in [-0.25, -0.2) is 15.0 Å². The molecule has 1 amide bonds. The molecule has 0 aliphatic heterocycles. The molecular formula is C23H23N7O. The minimum atomic E-state index is -0.142. The van der Waals surface area contributed by atoms with Gasteiger partial charge < -0.3 is 14.8 Å². The number of imidazole rings is 1. The van der Waals surface area contributed by atoms with Crippen molar-refractivity contribution in [3.05, 3.63) is 60.3 Å². The van der Waals surface area contributed by atoms with E-state index in [1.807, 2.05) is 49.5 Å². The summed E-state index contributed by atoms with van der Waals surface area (Å²) in [5, 5.41) is 5.01. The molecule has 0 fully saturated rings. The predicted molar refractivity (Wildman–Crippen MR) is 120 cm³/mol. The molecule has 156 valence electrons. The van der Waals surface area contributed by atoms with Gasteiger partial charge in [0.15, 0.2) is 11.6 Å². The van der Waals surface area contributed by atoms with Crippen molar-refractivity contribution in [2.24, 2.45) is 7.05 Å². The quantitative estimate of drug-likeness (QED) is 0.541. The Hall–Kier alpha value is -3.81. The van der Waals surface area contributed by atoms with Crippen LogP contribution in [0.25, 0.3) is 22.3 Å². The molecule has 0 saturated heterocycles. The summed E-state index contributed by atoms with van der Waals surface area (Å²) in [6, 6.07) is 10.1. The number of anilines is 2. The maximum atomic E-state index is 12.5. The number of nitrogens with zero attached hydrogens (tertiary/aromatic N) is 6. The largest absolute Gasteiger partial charge is 0.350 e. The van der Waals surface area contributed by atoms with Crippen molar-refractivity contribution in [2.75, 3.05) is 23.8 Å². The van der Waals surface area contributed by atoms with Gasteiger partial charge in [-0.2, -0.15) is 0 Å². The summed E-state index contributed by atoms with van der Waals surface area (Å²) in [6.07, 6.45) is 8.15. The van der Waals surface area contributed by atoms with Crippen molar-refractivity contribution in [3.63, 3.8) is 0 Å². The average Bonchev–Trinajstić information content (AvgIpc) is 3.41. The first kappa shape index (κ1) is 19.2. The summed E-state index contributed by atoms with van der Waals surface area (Å²) >= 11 is 0. The Balaban J connectivity index is 1.45. The number of nitrogens with one attached hydrogen (secondary N) is 1. The smallest absolute Gasteiger partial charge is 0.245 e. The number of hydrogen-bond acceptors (Lipinski definition) is 6. The van der Waals surface area contributed by atoms with Crippen molar-refractivity contribution in [1.29, 1.82) is 0 Å². The molecule has 8 heteroatoms. The third kappa shape index (κ3) is 3.84. The topological polar surface area (TPSA) is 88.8 Å². The van der Waals surface area contributed by atoms with E-state index in [0.717, 1.165) is 52.8 Å². The van der Waals surface area contributed by atoms with E-state index in [9.17, 15) is 4.79 Å². The highest BCUT2D eigenvalue weighted by atomic mass is 16.2. The molecule has 0 atom stereocenters. The molecule has 0 spiro atoms. The lowest BCUT2D eigenvalue weighted by Gasteiger charge is -2.21. The standard InChI is InChI=1S/C23H23N7O/c1-29-12-20(25-14-29)27-21(31)13-30(2)23-17-8-5-9-18(17)26-22(28-23)19-10-15-6-3-4-7-16(15)11-24-19/h3-4,6-7,10-12,14H,5,8-9,13H2,1-2H3,(H,27,31). The van der Waals surface area contributed by atoms with Crippen molar-refractivity contribution >= 4 is 28.3 Å². The van der Waals surface area contributed by atoms with Gasteiger partial charge in [-0.3, -0.25) is 9.78 Å². The number of amides is 1. The first-order chi connectivity index (χ1) is 15.1. The van der Waals surface area contributed by atoms with E-state index in [0.29, 0.717) is 11.6 Å². The van der Waals surface area contributed by atoms with Crippen LogP contribution < -0.4 is 10.2 Å². The van der Waals surface area contributed by atoms with Crippen LogP contribution in [-0.2, 0) is 24.7 Å². The van der Waals surface area contributed by atoms with E-state index >= 15 is 0 Å². The Bertz CT molecular complexity index is 1280. The second-order valence-corrected chi connectivity index (χ2v) is 7.89. The molecule has 8 nitrogen and oxygen atoms in total. The zero-order valence-electron chi connectivity index (χ0n) is 17.5. The summed E-state index contributed by atoms with van der Waals surface area (Å²) in [5.74, 6) is 1.79. The van der Waals surface area contributed by atoms with E-state index in [1.54, 1.807) is 17.1 Å². The van der Waals surface area contributed by atoms with Crippen molar-refractivity contribution in [2.45, 2.75) is 19.3 Å². The Morgan fingerprint density at radius 3 is 2.81 bits per heavy atom. The molecule has 4 aromatic rings. The fourth-order valence-electron chi connectivity index (χ4n) is 4.00. The second-order valence-electron chi connectivity index (χ2n) is 7.89. The number of aryl methyl sites for hydroxylation is 2. The number of aromatic nitrogens is 5. The van der Waals surface area contributed by atoms with Gasteiger partial charge in [-0.1, -0.05) is 24.3 Å². The van der Waals surface area contributed by atoms with E-state index < -0.39 is 0 Å². The Morgan fingerprint density at radius 1 is 1.16 bits per heavy atom. The lowest BCUT2D eigenvalue weighted by molar-refractivity contribution is -0.114. The van der Waals surface area contributed by atoms with Gasteiger partial charge in [0, 0.05) is 43.1 Å². The molecule has 3 aromatic heterocycles. The lowest BCUT2D eigenvalue weighted by atomic mass is 10.1. The van der Waals surface area contributed by atoms with Crippen LogP contribution in [0.5, 0.6) is 0 Å². The fourth-order valence-corrected chi connectivity index (χ4v) is 4.00. The molecule has 1 aliphatic carbocycles. The number of carbonyl (C=O) groups is 1. The normalized spacial score (nSPS) is 12.7. The SMILES string of the molecule is CN(CC(=O)Nc1cn(C)cn1)c1nc(-c2cc3ccccc3cn2)nc2c1CCC2. The fraction of sp³-hybridized carbons (Fsp3) is 0.261. The molecule has 0 bridgehead atoms. The molecule has 0 unspecified atom stereocenters. The van der Waals surface area contributed by atoms with Crippen LogP contribution in [0.2, 0.25) is 0 Å². The van der Waals surface area contributed by atoms with E-state index in [2.05, 4.69) is 21.4 Å². The van der Waals surface area contributed by atoms with Gasteiger partial charge in [-0.05, 0) is 30.7 Å². The molecule has 3 heterocycles. The van der Waals surface area contributed by atoms with Crippen molar-refractivity contribution in [1.82, 2.24) is 24.5 Å². The maximum Gasteiger partial charge on any atom is 0.245 e. The number of rotatable bonds is 5. The summed E-state index contributed by atoms with van der Waals surface area (Å²) in [4.78, 5) is 32.8. The first-order valence-corrected chi connectivity index (χ1v) is 10.3. The molecule has 31 heavy (non-hydrogen) atoms. The molecule has 5 rings (SSSR count). The number of benzene rings is 1. The number of fused-ring (bicyclic) bond motifs is 2. The summed E-state index contributed by atoms with van der Waals surface area (Å²) in [6.45, 7) is 0.171.